The summed E-state index contributed by atoms with van der Waals surface area (Å²) >= 11 is 0. The fraction of sp³-hybridized carbons (Fsp3) is 0.300. The summed E-state index contributed by atoms with van der Waals surface area (Å²) in [4.78, 5) is 1.34. The van der Waals surface area contributed by atoms with Crippen LogP contribution in [0.1, 0.15) is 24.6 Å². The molecule has 6 heteroatoms. The number of hydrogen-bond donors (Lipinski definition) is 2. The second kappa shape index (κ2) is 4.28. The van der Waals surface area contributed by atoms with E-state index in [2.05, 4.69) is 15.4 Å². The van der Waals surface area contributed by atoms with Crippen LogP contribution >= 0.6 is 0 Å². The minimum atomic E-state index is -0.741. The van der Waals surface area contributed by atoms with E-state index in [9.17, 15) is 5.11 Å². The monoisotopic (exact) mass is 220 g/mol. The highest BCUT2D eigenvalue weighted by molar-refractivity contribution is 5.27. The first-order valence-corrected chi connectivity index (χ1v) is 4.88. The Morgan fingerprint density at radius 3 is 2.50 bits per heavy atom. The van der Waals surface area contributed by atoms with Gasteiger partial charge in [-0.05, 0) is 29.8 Å². The fourth-order valence-corrected chi connectivity index (χ4v) is 1.44. The third kappa shape index (κ3) is 2.01. The second-order valence-corrected chi connectivity index (χ2v) is 3.53. The standard InChI is InChI=1S/C10H12N4O2/c1-7(14-12-6-11-13-14)10(16)8-2-4-9(15)5-3-8/h2-7,10,15-16H,1H3. The molecule has 0 aliphatic rings. The highest BCUT2D eigenvalue weighted by atomic mass is 16.3. The van der Waals surface area contributed by atoms with Crippen molar-refractivity contribution in [2.24, 2.45) is 0 Å². The number of phenolic OH excluding ortho intramolecular Hbond substituents is 1. The van der Waals surface area contributed by atoms with Crippen LogP contribution in [0.25, 0.3) is 0 Å². The minimum absolute atomic E-state index is 0.169. The number of benzene rings is 1. The van der Waals surface area contributed by atoms with E-state index in [-0.39, 0.29) is 11.8 Å². The number of tetrazole rings is 1. The number of aliphatic hydroxyl groups is 1. The van der Waals surface area contributed by atoms with Gasteiger partial charge >= 0.3 is 0 Å². The first kappa shape index (κ1) is 10.6. The summed E-state index contributed by atoms with van der Waals surface area (Å²) in [5, 5.41) is 30.4. The fourth-order valence-electron chi connectivity index (χ4n) is 1.44. The zero-order valence-corrected chi connectivity index (χ0v) is 8.72. The van der Waals surface area contributed by atoms with Crippen LogP contribution in [-0.4, -0.2) is 30.4 Å². The maximum atomic E-state index is 10.0. The van der Waals surface area contributed by atoms with Gasteiger partial charge in [0, 0.05) is 0 Å². The van der Waals surface area contributed by atoms with Crippen molar-refractivity contribution in [2.45, 2.75) is 19.1 Å². The van der Waals surface area contributed by atoms with Crippen LogP contribution in [-0.2, 0) is 0 Å². The highest BCUT2D eigenvalue weighted by Crippen LogP contribution is 2.25. The molecule has 2 atom stereocenters. The van der Waals surface area contributed by atoms with Gasteiger partial charge in [-0.15, -0.1) is 10.2 Å². The van der Waals surface area contributed by atoms with Gasteiger partial charge < -0.3 is 10.2 Å². The Morgan fingerprint density at radius 1 is 1.25 bits per heavy atom. The lowest BCUT2D eigenvalue weighted by Gasteiger charge is -2.17. The normalized spacial score (nSPS) is 14.6. The molecule has 0 aliphatic heterocycles. The van der Waals surface area contributed by atoms with E-state index in [0.29, 0.717) is 5.56 Å². The van der Waals surface area contributed by atoms with Crippen molar-refractivity contribution in [1.29, 1.82) is 0 Å². The van der Waals surface area contributed by atoms with Crippen molar-refractivity contribution < 1.29 is 10.2 Å². The number of hydrogen-bond acceptors (Lipinski definition) is 5. The molecule has 0 saturated carbocycles. The van der Waals surface area contributed by atoms with Gasteiger partial charge in [-0.2, -0.15) is 4.80 Å². The molecular weight excluding hydrogens is 208 g/mol. The number of rotatable bonds is 3. The summed E-state index contributed by atoms with van der Waals surface area (Å²) in [5.41, 5.74) is 0.697. The highest BCUT2D eigenvalue weighted by Gasteiger charge is 2.19. The van der Waals surface area contributed by atoms with Crippen LogP contribution in [0, 0.1) is 0 Å². The average Bonchev–Trinajstić information content (AvgIpc) is 2.81. The molecule has 0 amide bonds. The van der Waals surface area contributed by atoms with Crippen molar-refractivity contribution in [3.8, 4) is 5.75 Å². The summed E-state index contributed by atoms with van der Waals surface area (Å²) in [7, 11) is 0. The van der Waals surface area contributed by atoms with Gasteiger partial charge in [0.1, 0.15) is 17.9 Å². The van der Waals surface area contributed by atoms with Gasteiger partial charge in [0.25, 0.3) is 0 Å². The maximum Gasteiger partial charge on any atom is 0.162 e. The lowest BCUT2D eigenvalue weighted by Crippen LogP contribution is -2.17. The molecule has 0 saturated heterocycles. The van der Waals surface area contributed by atoms with E-state index < -0.39 is 6.10 Å². The zero-order valence-electron chi connectivity index (χ0n) is 8.72. The third-order valence-corrected chi connectivity index (χ3v) is 2.42. The minimum Gasteiger partial charge on any atom is -0.508 e. The summed E-state index contributed by atoms with van der Waals surface area (Å²) in [6, 6.07) is 6.06. The summed E-state index contributed by atoms with van der Waals surface area (Å²) in [6.07, 6.45) is 0.579. The van der Waals surface area contributed by atoms with E-state index >= 15 is 0 Å². The first-order valence-electron chi connectivity index (χ1n) is 4.88. The average molecular weight is 220 g/mol. The van der Waals surface area contributed by atoms with Gasteiger partial charge in [-0.1, -0.05) is 12.1 Å². The number of aliphatic hydroxyl groups excluding tert-OH is 1. The summed E-state index contributed by atoms with van der Waals surface area (Å²) in [5.74, 6) is 0.169. The summed E-state index contributed by atoms with van der Waals surface area (Å²) < 4.78 is 0. The lowest BCUT2D eigenvalue weighted by molar-refractivity contribution is 0.106. The molecule has 1 aromatic heterocycles. The van der Waals surface area contributed by atoms with Gasteiger partial charge in [-0.3, -0.25) is 0 Å². The topological polar surface area (TPSA) is 84.1 Å². The van der Waals surface area contributed by atoms with Crippen molar-refractivity contribution in [1.82, 2.24) is 20.2 Å². The Hall–Kier alpha value is -1.95. The van der Waals surface area contributed by atoms with Crippen LogP contribution in [0.4, 0.5) is 0 Å². The number of aromatic nitrogens is 4. The molecule has 2 N–H and O–H groups in total. The zero-order chi connectivity index (χ0) is 11.5. The van der Waals surface area contributed by atoms with Gasteiger partial charge in [-0.25, -0.2) is 0 Å². The Kier molecular flexibility index (Phi) is 2.82. The van der Waals surface area contributed by atoms with Gasteiger partial charge in [0.15, 0.2) is 6.33 Å². The predicted molar refractivity (Wildman–Crippen MR) is 55.6 cm³/mol. The largest absolute Gasteiger partial charge is 0.508 e. The molecule has 6 nitrogen and oxygen atoms in total. The van der Waals surface area contributed by atoms with Gasteiger partial charge in [0.05, 0.1) is 0 Å². The molecule has 0 fully saturated rings. The van der Waals surface area contributed by atoms with Crippen molar-refractivity contribution in [2.75, 3.05) is 0 Å². The van der Waals surface area contributed by atoms with Crippen LogP contribution in [0.2, 0.25) is 0 Å². The predicted octanol–water partition coefficient (Wildman–Crippen LogP) is 0.673. The Morgan fingerprint density at radius 2 is 1.94 bits per heavy atom. The quantitative estimate of drug-likeness (QED) is 0.794. The summed E-state index contributed by atoms with van der Waals surface area (Å²) in [6.45, 7) is 1.79. The van der Waals surface area contributed by atoms with E-state index in [1.807, 2.05) is 0 Å². The van der Waals surface area contributed by atoms with Crippen LogP contribution in [0.5, 0.6) is 5.75 Å². The third-order valence-electron chi connectivity index (χ3n) is 2.42. The molecule has 2 aromatic rings. The molecule has 0 bridgehead atoms. The molecule has 0 aliphatic carbocycles. The van der Waals surface area contributed by atoms with E-state index in [0.717, 1.165) is 0 Å². The second-order valence-electron chi connectivity index (χ2n) is 3.53. The molecule has 2 unspecified atom stereocenters. The maximum absolute atomic E-state index is 10.0. The number of aromatic hydroxyl groups is 1. The van der Waals surface area contributed by atoms with Crippen molar-refractivity contribution >= 4 is 0 Å². The van der Waals surface area contributed by atoms with E-state index in [1.165, 1.54) is 23.3 Å². The number of nitrogens with zero attached hydrogens (tertiary/aromatic N) is 4. The molecule has 1 heterocycles. The van der Waals surface area contributed by atoms with Crippen LogP contribution in [0.3, 0.4) is 0 Å². The molecular formula is C10H12N4O2. The SMILES string of the molecule is CC(C(O)c1ccc(O)cc1)n1ncnn1. The lowest BCUT2D eigenvalue weighted by atomic mass is 10.0. The molecule has 16 heavy (non-hydrogen) atoms. The van der Waals surface area contributed by atoms with Crippen molar-refractivity contribution in [3.05, 3.63) is 36.2 Å². The molecule has 84 valence electrons. The number of phenols is 1. The molecule has 1 aromatic carbocycles. The van der Waals surface area contributed by atoms with E-state index in [1.54, 1.807) is 19.1 Å². The molecule has 2 rings (SSSR count). The van der Waals surface area contributed by atoms with Gasteiger partial charge in [0.2, 0.25) is 0 Å². The Balaban J connectivity index is 2.19. The van der Waals surface area contributed by atoms with E-state index in [4.69, 9.17) is 5.11 Å². The Bertz CT molecular complexity index is 440. The van der Waals surface area contributed by atoms with Crippen LogP contribution in [0.15, 0.2) is 30.6 Å². The van der Waals surface area contributed by atoms with Crippen LogP contribution < -0.4 is 0 Å². The smallest absolute Gasteiger partial charge is 0.162 e. The Labute approximate surface area is 92.2 Å². The molecule has 0 radical (unpaired) electrons. The molecule has 0 spiro atoms. The van der Waals surface area contributed by atoms with Crippen molar-refractivity contribution in [3.63, 3.8) is 0 Å². The first-order chi connectivity index (χ1) is 7.68.